The fourth-order valence-electron chi connectivity index (χ4n) is 8.26. The monoisotopic (exact) mass is 732 g/mol. The van der Waals surface area contributed by atoms with Crippen molar-refractivity contribution in [3.8, 4) is 5.75 Å². The van der Waals surface area contributed by atoms with E-state index in [0.29, 0.717) is 33.4 Å². The van der Waals surface area contributed by atoms with Gasteiger partial charge in [0.25, 0.3) is 11.8 Å². The average molecular weight is 734 g/mol. The summed E-state index contributed by atoms with van der Waals surface area (Å²) < 4.78 is 40.1. The maximum absolute atomic E-state index is 15.1. The summed E-state index contributed by atoms with van der Waals surface area (Å²) in [5, 5.41) is 12.1. The molecule has 0 spiro atoms. The lowest BCUT2D eigenvalue weighted by molar-refractivity contribution is -0.141. The normalized spacial score (nSPS) is 28.0. The van der Waals surface area contributed by atoms with Crippen LogP contribution in [0.15, 0.2) is 66.4 Å². The molecular weight excluding hydrogens is 708 g/mol. The minimum Gasteiger partial charge on any atom is -0.508 e. The number of anilines is 1. The summed E-state index contributed by atoms with van der Waals surface area (Å²) in [6.45, 7) is 1.86. The number of nitrogens with zero attached hydrogens (tertiary/aromatic N) is 3. The molecule has 1 aromatic heterocycles. The SMILES string of the molecule is CCN1C(=O)[C@H]2[C@H](CC=C3[C@H]2C[C@H]2C(=O)N(Nc4ncc(C(F)(F)F)cc4Cl)C(=O)[C@@]2(c2ccc(Cl)cc2)[C@H]3c2cc(Cl)ccc2O)C1=O. The molecule has 4 amide bonds. The van der Waals surface area contributed by atoms with Gasteiger partial charge in [0, 0.05) is 34.3 Å². The number of hydrazine groups is 1. The van der Waals surface area contributed by atoms with Crippen LogP contribution in [0.25, 0.3) is 0 Å². The first-order valence-corrected chi connectivity index (χ1v) is 16.5. The standard InChI is InChI=1S/C34H26Cl3F3N4O5/c1-2-43-29(46)20-9-8-19-21(26(20)31(43)48)13-23-30(47)44(42-28-24(37)11-16(14-41-28)34(38,39)40)32(49)33(23,15-3-5-17(35)6-4-15)27(19)22-12-18(36)7-10-25(22)45/h3-8,10-12,14,20-21,23,26-27,45H,2,9,13H2,1H3,(H,41,42)/t20-,21+,23-,26-,27+,33+/m0/s1. The third-order valence-corrected chi connectivity index (χ3v) is 11.0. The van der Waals surface area contributed by atoms with Crippen LogP contribution in [-0.4, -0.2) is 50.2 Å². The Morgan fingerprint density at radius 2 is 1.65 bits per heavy atom. The zero-order valence-electron chi connectivity index (χ0n) is 25.5. The molecule has 49 heavy (non-hydrogen) atoms. The number of imide groups is 2. The zero-order chi connectivity index (χ0) is 35.2. The second kappa shape index (κ2) is 11.7. The Morgan fingerprint density at radius 1 is 0.959 bits per heavy atom. The number of benzene rings is 2. The van der Waals surface area contributed by atoms with E-state index in [0.717, 1.165) is 0 Å². The van der Waals surface area contributed by atoms with Gasteiger partial charge in [0.15, 0.2) is 5.82 Å². The van der Waals surface area contributed by atoms with E-state index in [4.69, 9.17) is 34.8 Å². The molecule has 254 valence electrons. The van der Waals surface area contributed by atoms with Crippen molar-refractivity contribution >= 4 is 64.2 Å². The summed E-state index contributed by atoms with van der Waals surface area (Å²) >= 11 is 18.9. The molecule has 7 rings (SSSR count). The van der Waals surface area contributed by atoms with Gasteiger partial charge in [-0.2, -0.15) is 18.2 Å². The smallest absolute Gasteiger partial charge is 0.417 e. The van der Waals surface area contributed by atoms with Gasteiger partial charge in [0.05, 0.1) is 33.8 Å². The summed E-state index contributed by atoms with van der Waals surface area (Å²) in [5.74, 6) is -7.36. The Bertz CT molecular complexity index is 1970. The van der Waals surface area contributed by atoms with Crippen LogP contribution in [0.1, 0.15) is 42.4 Å². The molecular formula is C34H26Cl3F3N4O5. The fourth-order valence-corrected chi connectivity index (χ4v) is 8.78. The second-order valence-corrected chi connectivity index (χ2v) is 13.8. The number of hydrogen-bond donors (Lipinski definition) is 2. The summed E-state index contributed by atoms with van der Waals surface area (Å²) in [5.41, 5.74) is 0.787. The predicted molar refractivity (Wildman–Crippen MR) is 172 cm³/mol. The van der Waals surface area contributed by atoms with E-state index in [-0.39, 0.29) is 53.4 Å². The lowest BCUT2D eigenvalue weighted by Gasteiger charge is -2.50. The first-order chi connectivity index (χ1) is 23.2. The molecule has 6 atom stereocenters. The van der Waals surface area contributed by atoms with E-state index >= 15 is 4.79 Å². The zero-order valence-corrected chi connectivity index (χ0v) is 27.7. The van der Waals surface area contributed by atoms with Crippen molar-refractivity contribution in [1.29, 1.82) is 0 Å². The van der Waals surface area contributed by atoms with Gasteiger partial charge in [-0.15, -0.1) is 0 Å². The molecule has 2 aliphatic carbocycles. The molecule has 4 aliphatic rings. The molecule has 0 unspecified atom stereocenters. The Hall–Kier alpha value is -4.13. The molecule has 3 aromatic rings. The number of phenolic OH excluding ortho intramolecular Hbond substituents is 1. The van der Waals surface area contributed by atoms with Crippen LogP contribution in [0.5, 0.6) is 5.75 Å². The van der Waals surface area contributed by atoms with Crippen molar-refractivity contribution < 1.29 is 37.5 Å². The number of pyridine rings is 1. The number of nitrogens with one attached hydrogen (secondary N) is 1. The molecule has 0 radical (unpaired) electrons. The molecule has 2 saturated heterocycles. The highest BCUT2D eigenvalue weighted by Crippen LogP contribution is 2.65. The number of phenols is 1. The van der Waals surface area contributed by atoms with Crippen molar-refractivity contribution in [2.24, 2.45) is 23.7 Å². The Morgan fingerprint density at radius 3 is 2.31 bits per heavy atom. The second-order valence-electron chi connectivity index (χ2n) is 12.5. The quantitative estimate of drug-likeness (QED) is 0.220. The maximum Gasteiger partial charge on any atom is 0.417 e. The minimum absolute atomic E-state index is 0.0407. The van der Waals surface area contributed by atoms with Crippen LogP contribution in [0.3, 0.4) is 0 Å². The lowest BCUT2D eigenvalue weighted by Crippen LogP contribution is -2.53. The predicted octanol–water partition coefficient (Wildman–Crippen LogP) is 6.77. The van der Waals surface area contributed by atoms with Crippen molar-refractivity contribution in [1.82, 2.24) is 14.9 Å². The number of likely N-dealkylation sites (tertiary alicyclic amines) is 1. The van der Waals surface area contributed by atoms with Gasteiger partial charge < -0.3 is 5.11 Å². The molecule has 0 bridgehead atoms. The van der Waals surface area contributed by atoms with E-state index < -0.39 is 63.6 Å². The lowest BCUT2D eigenvalue weighted by atomic mass is 9.49. The van der Waals surface area contributed by atoms with Crippen LogP contribution >= 0.6 is 34.8 Å². The van der Waals surface area contributed by atoms with E-state index in [1.54, 1.807) is 31.2 Å². The Balaban J connectivity index is 1.45. The molecule has 2 aliphatic heterocycles. The summed E-state index contributed by atoms with van der Waals surface area (Å²) in [6.07, 6.45) is -2.26. The minimum atomic E-state index is -4.75. The molecule has 3 heterocycles. The van der Waals surface area contributed by atoms with Crippen LogP contribution in [0.4, 0.5) is 19.0 Å². The number of carbonyl (C=O) groups excluding carboxylic acids is 4. The topological polar surface area (TPSA) is 120 Å². The highest BCUT2D eigenvalue weighted by Gasteiger charge is 2.70. The van der Waals surface area contributed by atoms with Gasteiger partial charge >= 0.3 is 6.18 Å². The summed E-state index contributed by atoms with van der Waals surface area (Å²) in [6, 6.07) is 11.2. The van der Waals surface area contributed by atoms with Crippen molar-refractivity contribution in [2.45, 2.75) is 37.3 Å². The van der Waals surface area contributed by atoms with Crippen molar-refractivity contribution in [2.75, 3.05) is 12.0 Å². The fraction of sp³-hybridized carbons (Fsp3) is 0.324. The van der Waals surface area contributed by atoms with Crippen LogP contribution in [0, 0.1) is 23.7 Å². The van der Waals surface area contributed by atoms with Gasteiger partial charge in [-0.3, -0.25) is 29.5 Å². The van der Waals surface area contributed by atoms with Crippen molar-refractivity contribution in [3.05, 3.63) is 98.1 Å². The van der Waals surface area contributed by atoms with Gasteiger partial charge in [0.2, 0.25) is 11.8 Å². The number of alkyl halides is 3. The number of fused-ring (bicyclic) bond motifs is 4. The molecule has 2 N–H and O–H groups in total. The first-order valence-electron chi connectivity index (χ1n) is 15.4. The largest absolute Gasteiger partial charge is 0.508 e. The number of rotatable bonds is 5. The maximum atomic E-state index is 15.1. The van der Waals surface area contributed by atoms with Gasteiger partial charge in [-0.05, 0) is 67.6 Å². The van der Waals surface area contributed by atoms with E-state index in [1.807, 2.05) is 6.08 Å². The molecule has 9 nitrogen and oxygen atoms in total. The van der Waals surface area contributed by atoms with E-state index in [2.05, 4.69) is 10.4 Å². The summed E-state index contributed by atoms with van der Waals surface area (Å²) in [7, 11) is 0. The van der Waals surface area contributed by atoms with Gasteiger partial charge in [-0.25, -0.2) is 4.98 Å². The Kier molecular flexibility index (Phi) is 8.00. The van der Waals surface area contributed by atoms with E-state index in [9.17, 15) is 32.7 Å². The third-order valence-electron chi connectivity index (χ3n) is 10.3. The average Bonchev–Trinajstić information content (AvgIpc) is 3.43. The molecule has 15 heteroatoms. The first kappa shape index (κ1) is 33.4. The van der Waals surface area contributed by atoms with E-state index in [1.165, 1.54) is 23.1 Å². The number of aromatic hydroxyl groups is 1. The number of amides is 4. The number of allylic oxidation sites excluding steroid dienone is 2. The van der Waals surface area contributed by atoms with Gasteiger partial charge in [0.1, 0.15) is 5.75 Å². The highest BCUT2D eigenvalue weighted by atomic mass is 35.5. The summed E-state index contributed by atoms with van der Waals surface area (Å²) in [4.78, 5) is 61.8. The number of hydrogen-bond acceptors (Lipinski definition) is 7. The van der Waals surface area contributed by atoms with Crippen LogP contribution in [0.2, 0.25) is 15.1 Å². The molecule has 2 aromatic carbocycles. The number of halogens is 6. The number of carbonyl (C=O) groups is 4. The highest BCUT2D eigenvalue weighted by molar-refractivity contribution is 6.33. The Labute approximate surface area is 292 Å². The van der Waals surface area contributed by atoms with Crippen molar-refractivity contribution in [3.63, 3.8) is 0 Å². The molecule has 3 fully saturated rings. The van der Waals surface area contributed by atoms with Gasteiger partial charge in [-0.1, -0.05) is 58.6 Å². The van der Waals surface area contributed by atoms with Crippen LogP contribution < -0.4 is 5.43 Å². The number of aromatic nitrogens is 1. The molecule has 1 saturated carbocycles. The van der Waals surface area contributed by atoms with Crippen LogP contribution in [-0.2, 0) is 30.8 Å². The third kappa shape index (κ3) is 4.93.